The fraction of sp³-hybridized carbons (Fsp3) is 0.312. The Hall–Kier alpha value is -1.79. The van der Waals surface area contributed by atoms with Crippen LogP contribution in [0.4, 0.5) is 5.69 Å². The molecule has 3 rings (SSSR count). The monoisotopic (exact) mass is 349 g/mol. The van der Waals surface area contributed by atoms with Crippen molar-refractivity contribution in [3.8, 4) is 5.69 Å². The van der Waals surface area contributed by atoms with E-state index in [1.807, 2.05) is 16.7 Å². The van der Waals surface area contributed by atoms with Gasteiger partial charge in [0.25, 0.3) is 0 Å². The van der Waals surface area contributed by atoms with Crippen molar-refractivity contribution < 1.29 is 9.59 Å². The lowest BCUT2D eigenvalue weighted by Gasteiger charge is -2.21. The number of nitrogens with zero attached hydrogens (tertiary/aromatic N) is 3. The molecular weight excluding hydrogens is 334 g/mol. The minimum Gasteiger partial charge on any atom is -0.310 e. The Kier molecular flexibility index (Phi) is 4.73. The molecule has 1 fully saturated rings. The van der Waals surface area contributed by atoms with Crippen molar-refractivity contribution in [2.24, 2.45) is 5.92 Å². The van der Waals surface area contributed by atoms with E-state index in [-0.39, 0.29) is 16.9 Å². The Bertz CT molecular complexity index is 733. The van der Waals surface area contributed by atoms with E-state index >= 15 is 0 Å². The zero-order valence-corrected chi connectivity index (χ0v) is 14.2. The minimum absolute atomic E-state index is 0.0581. The lowest BCUT2D eigenvalue weighted by atomic mass is 10.1. The van der Waals surface area contributed by atoms with Gasteiger partial charge in [0.15, 0.2) is 5.12 Å². The molecule has 5 nitrogen and oxygen atoms in total. The lowest BCUT2D eigenvalue weighted by Crippen LogP contribution is -2.26. The molecule has 7 heteroatoms. The normalized spacial score (nSPS) is 17.7. The second kappa shape index (κ2) is 6.76. The molecule has 1 amide bonds. The molecule has 0 N–H and O–H groups in total. The van der Waals surface area contributed by atoms with Crippen LogP contribution in [0.1, 0.15) is 13.3 Å². The molecule has 2 heterocycles. The number of anilines is 1. The summed E-state index contributed by atoms with van der Waals surface area (Å²) in [6.07, 6.45) is 5.59. The molecule has 1 aromatic carbocycles. The third kappa shape index (κ3) is 3.43. The second-order valence-electron chi connectivity index (χ2n) is 5.45. The van der Waals surface area contributed by atoms with Crippen molar-refractivity contribution in [2.45, 2.75) is 13.3 Å². The molecule has 0 spiro atoms. The first-order chi connectivity index (χ1) is 11.1. The summed E-state index contributed by atoms with van der Waals surface area (Å²) in [5, 5.41) is 0.646. The Morgan fingerprint density at radius 1 is 1.48 bits per heavy atom. The average molecular weight is 350 g/mol. The van der Waals surface area contributed by atoms with Gasteiger partial charge in [-0.05, 0) is 18.1 Å². The van der Waals surface area contributed by atoms with Crippen LogP contribution in [0.3, 0.4) is 0 Å². The molecule has 2 aromatic rings. The Balaban J connectivity index is 1.89. The fourth-order valence-corrected chi connectivity index (χ4v) is 3.69. The number of benzene rings is 1. The molecule has 0 aliphatic carbocycles. The molecule has 1 atom stereocenters. The first kappa shape index (κ1) is 16.1. The highest BCUT2D eigenvalue weighted by molar-refractivity contribution is 8.13. The maximum atomic E-state index is 12.4. The number of aromatic nitrogens is 2. The molecule has 0 bridgehead atoms. The van der Waals surface area contributed by atoms with Gasteiger partial charge in [0.05, 0.1) is 22.7 Å². The van der Waals surface area contributed by atoms with Gasteiger partial charge in [-0.15, -0.1) is 0 Å². The largest absolute Gasteiger partial charge is 0.310 e. The Morgan fingerprint density at radius 2 is 2.30 bits per heavy atom. The van der Waals surface area contributed by atoms with E-state index in [0.717, 1.165) is 11.4 Å². The van der Waals surface area contributed by atoms with E-state index in [9.17, 15) is 9.59 Å². The van der Waals surface area contributed by atoms with Crippen LogP contribution in [0.15, 0.2) is 36.9 Å². The van der Waals surface area contributed by atoms with Gasteiger partial charge < -0.3 is 9.47 Å². The quantitative estimate of drug-likeness (QED) is 0.850. The van der Waals surface area contributed by atoms with Crippen LogP contribution in [0, 0.1) is 5.92 Å². The number of halogens is 1. The van der Waals surface area contributed by atoms with Crippen LogP contribution in [0.5, 0.6) is 0 Å². The molecule has 1 saturated heterocycles. The highest BCUT2D eigenvalue weighted by Crippen LogP contribution is 2.35. The average Bonchev–Trinajstić information content (AvgIpc) is 3.14. The standard InChI is InChI=1S/C16H16ClN3O2S/c1-11(21)23-9-12-7-15(22)20(8-12)14-4-2-3-13(17)16(14)19-6-5-18-10-19/h2-6,10,12H,7-9H2,1H3. The Morgan fingerprint density at radius 3 is 3.00 bits per heavy atom. The first-order valence-electron chi connectivity index (χ1n) is 7.27. The number of imidazole rings is 1. The topological polar surface area (TPSA) is 55.2 Å². The lowest BCUT2D eigenvalue weighted by molar-refractivity contribution is -0.117. The highest BCUT2D eigenvalue weighted by Gasteiger charge is 2.32. The molecule has 120 valence electrons. The minimum atomic E-state index is 0.0581. The molecule has 1 aliphatic heterocycles. The van der Waals surface area contributed by atoms with Crippen molar-refractivity contribution in [3.05, 3.63) is 41.9 Å². The number of amides is 1. The van der Waals surface area contributed by atoms with Gasteiger partial charge in [0.2, 0.25) is 5.91 Å². The summed E-state index contributed by atoms with van der Waals surface area (Å²) in [5.41, 5.74) is 1.52. The molecule has 1 aliphatic rings. The van der Waals surface area contributed by atoms with Crippen LogP contribution in [-0.2, 0) is 9.59 Å². The van der Waals surface area contributed by atoms with Crippen molar-refractivity contribution in [3.63, 3.8) is 0 Å². The number of hydrogen-bond acceptors (Lipinski definition) is 4. The van der Waals surface area contributed by atoms with E-state index in [4.69, 9.17) is 11.6 Å². The van der Waals surface area contributed by atoms with Gasteiger partial charge in [-0.2, -0.15) is 0 Å². The summed E-state index contributed by atoms with van der Waals surface area (Å²) in [7, 11) is 0. The van der Waals surface area contributed by atoms with E-state index in [0.29, 0.717) is 23.7 Å². The van der Waals surface area contributed by atoms with Gasteiger partial charge in [0.1, 0.15) is 0 Å². The van der Waals surface area contributed by atoms with Gasteiger partial charge in [-0.1, -0.05) is 29.4 Å². The van der Waals surface area contributed by atoms with Crippen molar-refractivity contribution in [1.82, 2.24) is 9.55 Å². The fourth-order valence-electron chi connectivity index (χ4n) is 2.73. The summed E-state index contributed by atoms with van der Waals surface area (Å²) in [5.74, 6) is 0.896. The van der Waals surface area contributed by atoms with Gasteiger partial charge in [0, 0.05) is 38.0 Å². The SMILES string of the molecule is CC(=O)SCC1CC(=O)N(c2cccc(Cl)c2-n2ccnc2)C1. The van der Waals surface area contributed by atoms with E-state index in [1.54, 1.807) is 36.6 Å². The van der Waals surface area contributed by atoms with Crippen LogP contribution in [-0.4, -0.2) is 32.9 Å². The summed E-state index contributed by atoms with van der Waals surface area (Å²) in [6.45, 7) is 2.15. The smallest absolute Gasteiger partial charge is 0.227 e. The number of rotatable bonds is 4. The number of hydrogen-bond donors (Lipinski definition) is 0. The summed E-state index contributed by atoms with van der Waals surface area (Å²) in [4.78, 5) is 29.4. The van der Waals surface area contributed by atoms with E-state index in [1.165, 1.54) is 11.8 Å². The maximum Gasteiger partial charge on any atom is 0.227 e. The molecule has 0 radical (unpaired) electrons. The predicted octanol–water partition coefficient (Wildman–Crippen LogP) is 3.16. The first-order valence-corrected chi connectivity index (χ1v) is 8.63. The van der Waals surface area contributed by atoms with Crippen LogP contribution in [0.25, 0.3) is 5.69 Å². The van der Waals surface area contributed by atoms with Crippen molar-refractivity contribution >= 4 is 40.1 Å². The summed E-state index contributed by atoms with van der Waals surface area (Å²) >= 11 is 7.62. The number of carbonyl (C=O) groups excluding carboxylic acids is 2. The van der Waals surface area contributed by atoms with Crippen LogP contribution in [0.2, 0.25) is 5.02 Å². The van der Waals surface area contributed by atoms with E-state index in [2.05, 4.69) is 4.98 Å². The summed E-state index contributed by atoms with van der Waals surface area (Å²) < 4.78 is 1.81. The zero-order valence-electron chi connectivity index (χ0n) is 12.6. The van der Waals surface area contributed by atoms with Crippen LogP contribution < -0.4 is 4.90 Å². The molecule has 1 unspecified atom stereocenters. The number of para-hydroxylation sites is 1. The van der Waals surface area contributed by atoms with E-state index < -0.39 is 0 Å². The maximum absolute atomic E-state index is 12.4. The van der Waals surface area contributed by atoms with Gasteiger partial charge >= 0.3 is 0 Å². The summed E-state index contributed by atoms with van der Waals surface area (Å²) in [6, 6.07) is 5.52. The predicted molar refractivity (Wildman–Crippen MR) is 92.2 cm³/mol. The highest BCUT2D eigenvalue weighted by atomic mass is 35.5. The molecule has 0 saturated carbocycles. The van der Waals surface area contributed by atoms with Crippen LogP contribution >= 0.6 is 23.4 Å². The molecule has 23 heavy (non-hydrogen) atoms. The number of carbonyl (C=O) groups is 2. The third-order valence-electron chi connectivity index (χ3n) is 3.75. The van der Waals surface area contributed by atoms with Crippen molar-refractivity contribution in [2.75, 3.05) is 17.2 Å². The van der Waals surface area contributed by atoms with Crippen molar-refractivity contribution in [1.29, 1.82) is 0 Å². The zero-order chi connectivity index (χ0) is 16.4. The third-order valence-corrected chi connectivity index (χ3v) is 5.10. The second-order valence-corrected chi connectivity index (χ2v) is 7.06. The molecule has 1 aromatic heterocycles. The van der Waals surface area contributed by atoms with Gasteiger partial charge in [-0.3, -0.25) is 9.59 Å². The number of thioether (sulfide) groups is 1. The van der Waals surface area contributed by atoms with Gasteiger partial charge in [-0.25, -0.2) is 4.98 Å². The molecular formula is C16H16ClN3O2S. The Labute approximate surface area is 143 Å².